The first-order valence-electron chi connectivity index (χ1n) is 6.54. The van der Waals surface area contributed by atoms with Gasteiger partial charge in [-0.15, -0.1) is 0 Å². The number of carbonyl (C=O) groups is 2. The summed E-state index contributed by atoms with van der Waals surface area (Å²) in [7, 11) is 0. The molecule has 6 nitrogen and oxygen atoms in total. The van der Waals surface area contributed by atoms with E-state index in [1.807, 2.05) is 0 Å². The molecule has 1 fully saturated rings. The number of carbonyl (C=O) groups excluding carboxylic acids is 1. The Morgan fingerprint density at radius 2 is 2.00 bits per heavy atom. The lowest BCUT2D eigenvalue weighted by atomic mass is 10.0. The third-order valence-electron chi connectivity index (χ3n) is 3.52. The molecular weight excluding hydrogens is 260 g/mol. The van der Waals surface area contributed by atoms with Crippen LogP contribution >= 0.6 is 0 Å². The van der Waals surface area contributed by atoms with E-state index in [2.05, 4.69) is 0 Å². The zero-order valence-electron chi connectivity index (χ0n) is 11.0. The Morgan fingerprint density at radius 3 is 2.60 bits per heavy atom. The van der Waals surface area contributed by atoms with E-state index in [0.29, 0.717) is 25.8 Å². The van der Waals surface area contributed by atoms with Crippen LogP contribution in [0.2, 0.25) is 0 Å². The number of rotatable bonds is 4. The number of nitrogens with zero attached hydrogens (tertiary/aromatic N) is 1. The van der Waals surface area contributed by atoms with E-state index in [9.17, 15) is 14.7 Å². The minimum Gasteiger partial charge on any atom is -0.480 e. The normalized spacial score (nSPS) is 19.9. The van der Waals surface area contributed by atoms with Crippen LogP contribution in [-0.4, -0.2) is 40.5 Å². The standard InChI is InChI=1S/C14H17N2O4/c15-11(8-9-3-5-10(17)6-4-9)13(18)16-7-1-2-12(16)14(19)20/h3-6,11-12H,1-2,7-8,15H2,(H,19,20)/t11-,12-/m0/s1. The first-order valence-corrected chi connectivity index (χ1v) is 6.54. The Bertz CT molecular complexity index is 500. The summed E-state index contributed by atoms with van der Waals surface area (Å²) in [6.45, 7) is 0.434. The van der Waals surface area contributed by atoms with Gasteiger partial charge in [-0.3, -0.25) is 9.90 Å². The molecule has 2 rings (SSSR count). The molecule has 0 aromatic heterocycles. The maximum absolute atomic E-state index is 12.2. The second kappa shape index (κ2) is 5.92. The quantitative estimate of drug-likeness (QED) is 0.848. The Morgan fingerprint density at radius 1 is 1.35 bits per heavy atom. The Kier molecular flexibility index (Phi) is 4.24. The molecule has 3 N–H and O–H groups in total. The number of likely N-dealkylation sites (tertiary alicyclic amines) is 1. The van der Waals surface area contributed by atoms with Gasteiger partial charge < -0.3 is 15.7 Å². The van der Waals surface area contributed by atoms with Crippen molar-refractivity contribution in [2.75, 3.05) is 6.54 Å². The van der Waals surface area contributed by atoms with Crippen LogP contribution < -0.4 is 5.73 Å². The zero-order chi connectivity index (χ0) is 14.7. The van der Waals surface area contributed by atoms with E-state index in [1.165, 1.54) is 17.0 Å². The van der Waals surface area contributed by atoms with Gasteiger partial charge >= 0.3 is 5.97 Å². The van der Waals surface area contributed by atoms with Crippen molar-refractivity contribution < 1.29 is 19.8 Å². The average molecular weight is 277 g/mol. The van der Waals surface area contributed by atoms with Gasteiger partial charge in [-0.2, -0.15) is 0 Å². The number of carboxylic acids is 1. The maximum Gasteiger partial charge on any atom is 0.326 e. The predicted molar refractivity (Wildman–Crippen MR) is 70.6 cm³/mol. The van der Waals surface area contributed by atoms with Crippen molar-refractivity contribution in [1.29, 1.82) is 0 Å². The van der Waals surface area contributed by atoms with Gasteiger partial charge in [-0.05, 0) is 37.0 Å². The maximum atomic E-state index is 12.2. The van der Waals surface area contributed by atoms with Crippen molar-refractivity contribution in [3.8, 4) is 5.75 Å². The molecule has 0 spiro atoms. The summed E-state index contributed by atoms with van der Waals surface area (Å²) in [5, 5.41) is 20.1. The zero-order valence-corrected chi connectivity index (χ0v) is 11.0. The molecule has 1 saturated heterocycles. The van der Waals surface area contributed by atoms with Gasteiger partial charge in [0.1, 0.15) is 6.04 Å². The van der Waals surface area contributed by atoms with Crippen molar-refractivity contribution in [3.05, 3.63) is 29.8 Å². The monoisotopic (exact) mass is 277 g/mol. The van der Waals surface area contributed by atoms with Crippen LogP contribution in [-0.2, 0) is 21.1 Å². The van der Waals surface area contributed by atoms with Crippen LogP contribution in [0.5, 0.6) is 5.75 Å². The number of aliphatic carboxylic acids is 1. The minimum absolute atomic E-state index is 0.0980. The number of amides is 1. The SMILES string of the molecule is N[C@@H](Cc1ccc([O])cc1)C(=O)N1CCC[C@H]1C(=O)O. The van der Waals surface area contributed by atoms with Gasteiger partial charge in [0.15, 0.2) is 5.75 Å². The van der Waals surface area contributed by atoms with Gasteiger partial charge in [0.05, 0.1) is 6.04 Å². The molecule has 0 saturated carbocycles. The Balaban J connectivity index is 2.01. The van der Waals surface area contributed by atoms with Crippen molar-refractivity contribution in [1.82, 2.24) is 4.90 Å². The molecule has 2 atom stereocenters. The third-order valence-corrected chi connectivity index (χ3v) is 3.52. The fraction of sp³-hybridized carbons (Fsp3) is 0.429. The lowest BCUT2D eigenvalue weighted by Crippen LogP contribution is -2.49. The van der Waals surface area contributed by atoms with Crippen LogP contribution in [0.1, 0.15) is 18.4 Å². The smallest absolute Gasteiger partial charge is 0.326 e. The van der Waals surface area contributed by atoms with Gasteiger partial charge in [-0.25, -0.2) is 4.79 Å². The molecule has 0 unspecified atom stereocenters. The summed E-state index contributed by atoms with van der Waals surface area (Å²) in [6, 6.07) is 4.55. The van der Waals surface area contributed by atoms with Gasteiger partial charge in [0, 0.05) is 6.54 Å². The van der Waals surface area contributed by atoms with E-state index in [-0.39, 0.29) is 11.7 Å². The van der Waals surface area contributed by atoms with Crippen LogP contribution in [0.15, 0.2) is 24.3 Å². The minimum atomic E-state index is -0.987. The Hall–Kier alpha value is -2.08. The number of nitrogens with two attached hydrogens (primary N) is 1. The molecule has 0 aliphatic carbocycles. The fourth-order valence-corrected chi connectivity index (χ4v) is 2.47. The summed E-state index contributed by atoms with van der Waals surface area (Å²) in [5.74, 6) is -1.43. The van der Waals surface area contributed by atoms with Crippen molar-refractivity contribution in [3.63, 3.8) is 0 Å². The third kappa shape index (κ3) is 3.08. The molecule has 20 heavy (non-hydrogen) atoms. The van der Waals surface area contributed by atoms with E-state index in [1.54, 1.807) is 12.1 Å². The van der Waals surface area contributed by atoms with Crippen LogP contribution in [0.4, 0.5) is 0 Å². The van der Waals surface area contributed by atoms with E-state index >= 15 is 0 Å². The average Bonchev–Trinajstić information content (AvgIpc) is 2.90. The highest BCUT2D eigenvalue weighted by atomic mass is 16.4. The van der Waals surface area contributed by atoms with Crippen LogP contribution in [0, 0.1) is 0 Å². The van der Waals surface area contributed by atoms with Crippen molar-refractivity contribution in [2.45, 2.75) is 31.3 Å². The lowest BCUT2D eigenvalue weighted by Gasteiger charge is -2.24. The predicted octanol–water partition coefficient (Wildman–Crippen LogP) is 0.776. The van der Waals surface area contributed by atoms with E-state index in [4.69, 9.17) is 10.8 Å². The lowest BCUT2D eigenvalue weighted by molar-refractivity contribution is -0.148. The number of hydrogen-bond donors (Lipinski definition) is 2. The topological polar surface area (TPSA) is 104 Å². The van der Waals surface area contributed by atoms with E-state index in [0.717, 1.165) is 5.56 Å². The van der Waals surface area contributed by atoms with Gasteiger partial charge in [0.25, 0.3) is 0 Å². The largest absolute Gasteiger partial charge is 0.480 e. The van der Waals surface area contributed by atoms with Gasteiger partial charge in [0.2, 0.25) is 5.91 Å². The highest BCUT2D eigenvalue weighted by Crippen LogP contribution is 2.19. The van der Waals surface area contributed by atoms with Crippen LogP contribution in [0.25, 0.3) is 0 Å². The molecule has 1 aromatic rings. The molecular formula is C14H17N2O4. The second-order valence-corrected chi connectivity index (χ2v) is 4.98. The summed E-state index contributed by atoms with van der Waals surface area (Å²) in [4.78, 5) is 24.6. The Labute approximate surface area is 116 Å². The summed E-state index contributed by atoms with van der Waals surface area (Å²) >= 11 is 0. The van der Waals surface area contributed by atoms with Crippen molar-refractivity contribution >= 4 is 11.9 Å². The van der Waals surface area contributed by atoms with E-state index < -0.39 is 18.1 Å². The number of carboxylic acid groups (broad SMARTS) is 1. The number of hydrogen-bond acceptors (Lipinski definition) is 3. The molecule has 1 aliphatic heterocycles. The fourth-order valence-electron chi connectivity index (χ4n) is 2.47. The number of benzene rings is 1. The molecule has 6 heteroatoms. The second-order valence-electron chi connectivity index (χ2n) is 4.98. The molecule has 107 valence electrons. The molecule has 1 radical (unpaired) electrons. The molecule has 1 aliphatic rings. The first kappa shape index (κ1) is 14.3. The highest BCUT2D eigenvalue weighted by molar-refractivity contribution is 5.87. The van der Waals surface area contributed by atoms with Crippen molar-refractivity contribution in [2.24, 2.45) is 5.73 Å². The first-order chi connectivity index (χ1) is 9.49. The molecule has 0 bridgehead atoms. The summed E-state index contributed by atoms with van der Waals surface area (Å²) in [6.07, 6.45) is 1.45. The molecule has 1 amide bonds. The highest BCUT2D eigenvalue weighted by Gasteiger charge is 2.35. The van der Waals surface area contributed by atoms with Gasteiger partial charge in [-0.1, -0.05) is 12.1 Å². The summed E-state index contributed by atoms with van der Waals surface area (Å²) in [5.41, 5.74) is 6.66. The van der Waals surface area contributed by atoms with Crippen LogP contribution in [0.3, 0.4) is 0 Å². The summed E-state index contributed by atoms with van der Waals surface area (Å²) < 4.78 is 0. The molecule has 1 aromatic carbocycles. The molecule has 1 heterocycles.